The van der Waals surface area contributed by atoms with Crippen molar-refractivity contribution < 1.29 is 25.3 Å². The molecule has 258 valence electrons. The summed E-state index contributed by atoms with van der Waals surface area (Å²) in [4.78, 5) is 11.7. The van der Waals surface area contributed by atoms with E-state index in [0.717, 1.165) is 36.8 Å². The number of hydrogen-bond donors (Lipinski definition) is 4. The summed E-state index contributed by atoms with van der Waals surface area (Å²) in [7, 11) is 0. The number of benzene rings is 4. The summed E-state index contributed by atoms with van der Waals surface area (Å²) in [5.74, 6) is 0.538. The van der Waals surface area contributed by atoms with E-state index in [1.165, 1.54) is 24.1 Å². The molecule has 8 bridgehead atoms. The third-order valence-electron chi connectivity index (χ3n) is 10.6. The van der Waals surface area contributed by atoms with E-state index in [2.05, 4.69) is 53.7 Å². The second kappa shape index (κ2) is 12.7. The molecule has 49 heavy (non-hydrogen) atoms. The standard InChI is InChI=1S/C42H49NO6/c1-41(2,3)34-18-28-14-26-12-25(24-10-8-7-9-11-24)13-27(37(26)44)15-29-19-35(42(4,5)6)21-31(39(29)46)17-33-23-36(43(48)49)22-32(40(33)47)16-30(20-34)38(28)45/h12-13,18-24,44-47H,7-11,14-17H2,1-6H3. The van der Waals surface area contributed by atoms with Crippen LogP contribution in [0.4, 0.5) is 5.69 Å². The van der Waals surface area contributed by atoms with Crippen molar-refractivity contribution >= 4 is 5.69 Å². The van der Waals surface area contributed by atoms with Gasteiger partial charge in [0, 0.05) is 48.9 Å². The SMILES string of the molecule is CC(C)(C)c1cc2c(O)c(c1)Cc1cc([N+](=O)[O-])cc(c1O)Cc1cc(C(C)(C)C)cc(c1O)Cc1cc(C3CCCCC3)cc(c1O)C2. The molecule has 0 unspecified atom stereocenters. The van der Waals surface area contributed by atoms with Gasteiger partial charge in [0.05, 0.1) is 4.92 Å². The molecule has 0 radical (unpaired) electrons. The van der Waals surface area contributed by atoms with Crippen LogP contribution in [-0.2, 0) is 36.5 Å². The highest BCUT2D eigenvalue weighted by molar-refractivity contribution is 5.59. The molecule has 0 aromatic heterocycles. The highest BCUT2D eigenvalue weighted by Gasteiger charge is 2.27. The van der Waals surface area contributed by atoms with Gasteiger partial charge in [0.15, 0.2) is 0 Å². The fourth-order valence-corrected chi connectivity index (χ4v) is 7.59. The van der Waals surface area contributed by atoms with Gasteiger partial charge < -0.3 is 20.4 Å². The van der Waals surface area contributed by atoms with Crippen molar-refractivity contribution in [2.45, 2.75) is 116 Å². The minimum atomic E-state index is -0.475. The van der Waals surface area contributed by atoms with E-state index in [1.807, 2.05) is 24.3 Å². The van der Waals surface area contributed by atoms with Gasteiger partial charge in [-0.25, -0.2) is 0 Å². The molecule has 0 saturated heterocycles. The maximum absolute atomic E-state index is 12.1. The van der Waals surface area contributed by atoms with E-state index in [-0.39, 0.29) is 65.2 Å². The van der Waals surface area contributed by atoms with Gasteiger partial charge in [-0.15, -0.1) is 0 Å². The average Bonchev–Trinajstić information content (AvgIpc) is 3.03. The van der Waals surface area contributed by atoms with Crippen LogP contribution >= 0.6 is 0 Å². The molecule has 1 fully saturated rings. The number of fused-ring (bicyclic) bond motifs is 8. The summed E-state index contributed by atoms with van der Waals surface area (Å²) in [6.45, 7) is 12.5. The van der Waals surface area contributed by atoms with Gasteiger partial charge in [-0.2, -0.15) is 0 Å². The van der Waals surface area contributed by atoms with Crippen molar-refractivity contribution in [1.29, 1.82) is 0 Å². The highest BCUT2D eigenvalue weighted by Crippen LogP contribution is 2.43. The van der Waals surface area contributed by atoms with Crippen LogP contribution in [0.15, 0.2) is 48.5 Å². The number of hydrogen-bond acceptors (Lipinski definition) is 6. The van der Waals surface area contributed by atoms with Crippen LogP contribution in [0.3, 0.4) is 0 Å². The van der Waals surface area contributed by atoms with Gasteiger partial charge in [-0.3, -0.25) is 10.1 Å². The average molecular weight is 664 g/mol. The molecule has 2 aliphatic carbocycles. The maximum Gasteiger partial charge on any atom is 0.270 e. The summed E-state index contributed by atoms with van der Waals surface area (Å²) in [5.41, 5.74) is 6.81. The lowest BCUT2D eigenvalue weighted by molar-refractivity contribution is -0.385. The second-order valence-corrected chi connectivity index (χ2v) is 16.4. The van der Waals surface area contributed by atoms with E-state index in [9.17, 15) is 30.5 Å². The molecule has 0 aliphatic heterocycles. The Labute approximate surface area is 289 Å². The Hall–Kier alpha value is -4.52. The molecule has 0 atom stereocenters. The van der Waals surface area contributed by atoms with Crippen LogP contribution in [0.5, 0.6) is 23.0 Å². The Morgan fingerprint density at radius 1 is 0.531 bits per heavy atom. The van der Waals surface area contributed by atoms with Crippen LogP contribution in [0.1, 0.15) is 141 Å². The van der Waals surface area contributed by atoms with Crippen molar-refractivity contribution in [3.05, 3.63) is 120 Å². The Morgan fingerprint density at radius 3 is 1.14 bits per heavy atom. The molecule has 4 aromatic rings. The number of nitrogens with zero attached hydrogens (tertiary/aromatic N) is 1. The van der Waals surface area contributed by atoms with E-state index < -0.39 is 4.92 Å². The fourth-order valence-electron chi connectivity index (χ4n) is 7.59. The third kappa shape index (κ3) is 6.99. The second-order valence-electron chi connectivity index (χ2n) is 16.4. The van der Waals surface area contributed by atoms with Crippen LogP contribution in [0, 0.1) is 10.1 Å². The number of phenols is 4. The first-order valence-corrected chi connectivity index (χ1v) is 17.5. The maximum atomic E-state index is 12.1. The molecule has 0 heterocycles. The minimum Gasteiger partial charge on any atom is -0.507 e. The topological polar surface area (TPSA) is 124 Å². The van der Waals surface area contributed by atoms with Gasteiger partial charge in [0.1, 0.15) is 23.0 Å². The van der Waals surface area contributed by atoms with Gasteiger partial charge in [-0.05, 0) is 79.7 Å². The van der Waals surface area contributed by atoms with Gasteiger partial charge in [-0.1, -0.05) is 97.2 Å². The zero-order valence-corrected chi connectivity index (χ0v) is 29.6. The lowest BCUT2D eigenvalue weighted by Gasteiger charge is -2.26. The zero-order valence-electron chi connectivity index (χ0n) is 29.6. The van der Waals surface area contributed by atoms with Crippen molar-refractivity contribution in [2.24, 2.45) is 0 Å². The van der Waals surface area contributed by atoms with Crippen LogP contribution < -0.4 is 0 Å². The smallest absolute Gasteiger partial charge is 0.270 e. The van der Waals surface area contributed by atoms with Crippen molar-refractivity contribution in [3.8, 4) is 23.0 Å². The Bertz CT molecular complexity index is 1820. The van der Waals surface area contributed by atoms with Crippen molar-refractivity contribution in [2.75, 3.05) is 0 Å². The van der Waals surface area contributed by atoms with E-state index >= 15 is 0 Å². The molecule has 0 amide bonds. The van der Waals surface area contributed by atoms with E-state index in [0.29, 0.717) is 50.4 Å². The lowest BCUT2D eigenvalue weighted by atomic mass is 9.80. The van der Waals surface area contributed by atoms with E-state index in [1.54, 1.807) is 0 Å². The summed E-state index contributed by atoms with van der Waals surface area (Å²) >= 11 is 0. The molecule has 6 rings (SSSR count). The fraction of sp³-hybridized carbons (Fsp3) is 0.429. The van der Waals surface area contributed by atoms with Crippen molar-refractivity contribution in [1.82, 2.24) is 0 Å². The van der Waals surface area contributed by atoms with Crippen molar-refractivity contribution in [3.63, 3.8) is 0 Å². The number of rotatable bonds is 2. The summed E-state index contributed by atoms with van der Waals surface area (Å²) < 4.78 is 0. The number of nitro groups is 1. The molecule has 7 heteroatoms. The largest absolute Gasteiger partial charge is 0.507 e. The number of aromatic hydroxyl groups is 4. The molecule has 1 saturated carbocycles. The summed E-state index contributed by atoms with van der Waals surface area (Å²) in [6.07, 6.45) is 6.38. The number of non-ortho nitro benzene ring substituents is 1. The summed E-state index contributed by atoms with van der Waals surface area (Å²) in [5, 5.41) is 59.3. The van der Waals surface area contributed by atoms with Crippen LogP contribution in [0.25, 0.3) is 0 Å². The Balaban J connectivity index is 1.65. The van der Waals surface area contributed by atoms with Gasteiger partial charge >= 0.3 is 0 Å². The van der Waals surface area contributed by atoms with Crippen LogP contribution in [0.2, 0.25) is 0 Å². The monoisotopic (exact) mass is 663 g/mol. The normalized spacial score (nSPS) is 15.6. The molecule has 2 aliphatic rings. The molecule has 4 N–H and O–H groups in total. The first-order chi connectivity index (χ1) is 23.0. The first kappa shape index (κ1) is 34.3. The predicted molar refractivity (Wildman–Crippen MR) is 194 cm³/mol. The quantitative estimate of drug-likeness (QED) is 0.110. The van der Waals surface area contributed by atoms with Crippen LogP contribution in [-0.4, -0.2) is 25.3 Å². The first-order valence-electron chi connectivity index (χ1n) is 17.5. The minimum absolute atomic E-state index is 0.0502. The number of nitro benzene ring substituents is 1. The lowest BCUT2D eigenvalue weighted by Crippen LogP contribution is -2.14. The molecule has 7 nitrogen and oxygen atoms in total. The molecule has 4 aromatic carbocycles. The van der Waals surface area contributed by atoms with Gasteiger partial charge in [0.25, 0.3) is 5.69 Å². The predicted octanol–water partition coefficient (Wildman–Crippen LogP) is 9.74. The molecule has 0 spiro atoms. The van der Waals surface area contributed by atoms with E-state index in [4.69, 9.17) is 0 Å². The Kier molecular flexibility index (Phi) is 8.93. The zero-order chi connectivity index (χ0) is 35.4. The highest BCUT2D eigenvalue weighted by atomic mass is 16.6. The summed E-state index contributed by atoms with van der Waals surface area (Å²) in [6, 6.07) is 14.7. The Morgan fingerprint density at radius 2 is 0.837 bits per heavy atom. The third-order valence-corrected chi connectivity index (χ3v) is 10.6. The number of phenolic OH excluding ortho intramolecular Hbond substituents is 4. The van der Waals surface area contributed by atoms with Gasteiger partial charge in [0.2, 0.25) is 0 Å². The molecular formula is C42H49NO6. The molecular weight excluding hydrogens is 614 g/mol.